The van der Waals surface area contributed by atoms with Crippen LogP contribution in [0.25, 0.3) is 10.9 Å². The molecule has 0 saturated carbocycles. The second-order valence-electron chi connectivity index (χ2n) is 3.07. The standard InChI is InChI=1S/C10H9F2NO/c11-8-5-6-1-3-13-10(6)9(12)7(8)2-4-14/h1,3,5,13-14H,2,4H2. The van der Waals surface area contributed by atoms with Crippen LogP contribution in [0.2, 0.25) is 0 Å². The maximum absolute atomic E-state index is 13.6. The minimum atomic E-state index is -0.612. The number of aliphatic hydroxyl groups excluding tert-OH is 1. The van der Waals surface area contributed by atoms with Gasteiger partial charge in [-0.1, -0.05) is 0 Å². The number of hydrogen-bond acceptors (Lipinski definition) is 1. The van der Waals surface area contributed by atoms with E-state index in [0.29, 0.717) is 5.39 Å². The maximum Gasteiger partial charge on any atom is 0.153 e. The largest absolute Gasteiger partial charge is 0.396 e. The fraction of sp³-hybridized carbons (Fsp3) is 0.200. The summed E-state index contributed by atoms with van der Waals surface area (Å²) < 4.78 is 26.8. The van der Waals surface area contributed by atoms with Crippen LogP contribution >= 0.6 is 0 Å². The van der Waals surface area contributed by atoms with E-state index in [9.17, 15) is 8.78 Å². The summed E-state index contributed by atoms with van der Waals surface area (Å²) in [5.74, 6) is -1.22. The zero-order valence-electron chi connectivity index (χ0n) is 7.35. The van der Waals surface area contributed by atoms with Crippen molar-refractivity contribution in [1.82, 2.24) is 4.98 Å². The third-order valence-corrected chi connectivity index (χ3v) is 2.20. The Balaban J connectivity index is 2.69. The predicted octanol–water partition coefficient (Wildman–Crippen LogP) is 1.98. The monoisotopic (exact) mass is 197 g/mol. The van der Waals surface area contributed by atoms with Crippen LogP contribution in [0.5, 0.6) is 0 Å². The summed E-state index contributed by atoms with van der Waals surface area (Å²) in [5, 5.41) is 9.15. The molecule has 0 atom stereocenters. The summed E-state index contributed by atoms with van der Waals surface area (Å²) in [6.45, 7) is -0.264. The topological polar surface area (TPSA) is 36.0 Å². The molecule has 2 rings (SSSR count). The van der Waals surface area contributed by atoms with Gasteiger partial charge in [0.1, 0.15) is 5.82 Å². The van der Waals surface area contributed by atoms with Crippen molar-refractivity contribution in [3.63, 3.8) is 0 Å². The van der Waals surface area contributed by atoms with Crippen LogP contribution in [-0.2, 0) is 6.42 Å². The second-order valence-corrected chi connectivity index (χ2v) is 3.07. The molecule has 2 N–H and O–H groups in total. The Morgan fingerprint density at radius 3 is 2.86 bits per heavy atom. The van der Waals surface area contributed by atoms with Crippen LogP contribution in [0.3, 0.4) is 0 Å². The SMILES string of the molecule is OCCc1c(F)cc2cc[nH]c2c1F. The van der Waals surface area contributed by atoms with Crippen LogP contribution in [0.4, 0.5) is 8.78 Å². The Kier molecular flexibility index (Phi) is 2.21. The lowest BCUT2D eigenvalue weighted by atomic mass is 10.1. The Morgan fingerprint density at radius 1 is 1.36 bits per heavy atom. The van der Waals surface area contributed by atoms with E-state index in [1.54, 1.807) is 12.3 Å². The molecule has 4 heteroatoms. The van der Waals surface area contributed by atoms with Crippen molar-refractivity contribution in [2.45, 2.75) is 6.42 Å². The first-order chi connectivity index (χ1) is 6.74. The summed E-state index contributed by atoms with van der Waals surface area (Å²) in [6, 6.07) is 2.87. The fourth-order valence-electron chi connectivity index (χ4n) is 1.51. The van der Waals surface area contributed by atoms with Crippen molar-refractivity contribution in [2.75, 3.05) is 6.61 Å². The van der Waals surface area contributed by atoms with Crippen LogP contribution in [0.15, 0.2) is 18.3 Å². The van der Waals surface area contributed by atoms with Gasteiger partial charge in [0.25, 0.3) is 0 Å². The predicted molar refractivity (Wildman–Crippen MR) is 49.0 cm³/mol. The average Bonchev–Trinajstić information content (AvgIpc) is 2.60. The van der Waals surface area contributed by atoms with E-state index in [4.69, 9.17) is 5.11 Å². The zero-order valence-corrected chi connectivity index (χ0v) is 7.35. The quantitative estimate of drug-likeness (QED) is 0.758. The molecule has 1 heterocycles. The van der Waals surface area contributed by atoms with Gasteiger partial charge in [0.15, 0.2) is 5.82 Å². The average molecular weight is 197 g/mol. The van der Waals surface area contributed by atoms with E-state index < -0.39 is 11.6 Å². The highest BCUT2D eigenvalue weighted by atomic mass is 19.1. The molecule has 0 spiro atoms. The third kappa shape index (κ3) is 1.28. The highest BCUT2D eigenvalue weighted by Crippen LogP contribution is 2.23. The lowest BCUT2D eigenvalue weighted by Crippen LogP contribution is -1.99. The molecule has 0 aliphatic rings. The summed E-state index contributed by atoms with van der Waals surface area (Å²) in [6.07, 6.45) is 1.54. The van der Waals surface area contributed by atoms with Crippen LogP contribution in [0, 0.1) is 11.6 Å². The molecule has 0 bridgehead atoms. The molecule has 2 aromatic rings. The van der Waals surface area contributed by atoms with Crippen molar-refractivity contribution in [3.8, 4) is 0 Å². The van der Waals surface area contributed by atoms with E-state index >= 15 is 0 Å². The van der Waals surface area contributed by atoms with E-state index in [1.807, 2.05) is 0 Å². The fourth-order valence-corrected chi connectivity index (χ4v) is 1.51. The van der Waals surface area contributed by atoms with Gasteiger partial charge in [-0.05, 0) is 12.1 Å². The van der Waals surface area contributed by atoms with Gasteiger partial charge in [-0.25, -0.2) is 8.78 Å². The van der Waals surface area contributed by atoms with Gasteiger partial charge in [0.2, 0.25) is 0 Å². The van der Waals surface area contributed by atoms with E-state index in [0.717, 1.165) is 0 Å². The van der Waals surface area contributed by atoms with Crippen molar-refractivity contribution in [1.29, 1.82) is 0 Å². The molecule has 0 unspecified atom stereocenters. The first kappa shape index (κ1) is 9.15. The Bertz CT molecular complexity index is 464. The number of halogens is 2. The zero-order chi connectivity index (χ0) is 10.1. The van der Waals surface area contributed by atoms with E-state index in [2.05, 4.69) is 4.98 Å². The number of hydrogen-bond donors (Lipinski definition) is 2. The highest BCUT2D eigenvalue weighted by molar-refractivity contribution is 5.80. The summed E-state index contributed by atoms with van der Waals surface area (Å²) >= 11 is 0. The Labute approximate surface area is 79.2 Å². The van der Waals surface area contributed by atoms with Gasteiger partial charge < -0.3 is 10.1 Å². The molecule has 0 amide bonds. The Hall–Kier alpha value is -1.42. The lowest BCUT2D eigenvalue weighted by molar-refractivity contribution is 0.295. The molecule has 74 valence electrons. The van der Waals surface area contributed by atoms with Gasteiger partial charge in [-0.15, -0.1) is 0 Å². The first-order valence-electron chi connectivity index (χ1n) is 4.29. The number of rotatable bonds is 2. The van der Waals surface area contributed by atoms with Gasteiger partial charge in [0, 0.05) is 30.2 Å². The number of H-pyrrole nitrogens is 1. The minimum absolute atomic E-state index is 0.00731. The molecule has 0 aliphatic carbocycles. The van der Waals surface area contributed by atoms with Gasteiger partial charge in [0.05, 0.1) is 5.52 Å². The smallest absolute Gasteiger partial charge is 0.153 e. The summed E-state index contributed by atoms with van der Waals surface area (Å²) in [5.41, 5.74) is 0.220. The molecule has 0 saturated heterocycles. The van der Waals surface area contributed by atoms with Crippen LogP contribution < -0.4 is 0 Å². The number of aliphatic hydroxyl groups is 1. The van der Waals surface area contributed by atoms with Crippen molar-refractivity contribution in [3.05, 3.63) is 35.5 Å². The van der Waals surface area contributed by atoms with Crippen LogP contribution in [-0.4, -0.2) is 16.7 Å². The number of nitrogens with one attached hydrogen (secondary N) is 1. The normalized spacial score (nSPS) is 11.1. The maximum atomic E-state index is 13.6. The van der Waals surface area contributed by atoms with E-state index in [1.165, 1.54) is 6.07 Å². The van der Waals surface area contributed by atoms with Crippen LogP contribution in [0.1, 0.15) is 5.56 Å². The molecule has 0 fully saturated rings. The highest BCUT2D eigenvalue weighted by Gasteiger charge is 2.13. The van der Waals surface area contributed by atoms with Crippen molar-refractivity contribution in [2.24, 2.45) is 0 Å². The molecule has 0 radical (unpaired) electrons. The molecular weight excluding hydrogens is 188 g/mol. The number of aromatic nitrogens is 1. The lowest BCUT2D eigenvalue weighted by Gasteiger charge is -2.03. The van der Waals surface area contributed by atoms with Gasteiger partial charge in [-0.3, -0.25) is 0 Å². The van der Waals surface area contributed by atoms with Crippen molar-refractivity contribution >= 4 is 10.9 Å². The van der Waals surface area contributed by atoms with E-state index in [-0.39, 0.29) is 24.1 Å². The number of fused-ring (bicyclic) bond motifs is 1. The summed E-state index contributed by atoms with van der Waals surface area (Å²) in [7, 11) is 0. The third-order valence-electron chi connectivity index (χ3n) is 2.20. The molecule has 1 aromatic heterocycles. The Morgan fingerprint density at radius 2 is 2.14 bits per heavy atom. The molecule has 2 nitrogen and oxygen atoms in total. The van der Waals surface area contributed by atoms with Gasteiger partial charge in [-0.2, -0.15) is 0 Å². The first-order valence-corrected chi connectivity index (χ1v) is 4.29. The number of benzene rings is 1. The number of aromatic amines is 1. The second kappa shape index (κ2) is 3.38. The molecule has 0 aliphatic heterocycles. The molecular formula is C10H9F2NO. The van der Waals surface area contributed by atoms with Crippen molar-refractivity contribution < 1.29 is 13.9 Å². The molecule has 14 heavy (non-hydrogen) atoms. The summed E-state index contributed by atoms with van der Waals surface area (Å²) in [4.78, 5) is 2.69. The molecule has 1 aromatic carbocycles. The van der Waals surface area contributed by atoms with Gasteiger partial charge >= 0.3 is 0 Å². The minimum Gasteiger partial charge on any atom is -0.396 e.